The monoisotopic (exact) mass is 317 g/mol. The van der Waals surface area contributed by atoms with Gasteiger partial charge >= 0.3 is 12.1 Å². The predicted molar refractivity (Wildman–Crippen MR) is 74.2 cm³/mol. The van der Waals surface area contributed by atoms with Crippen molar-refractivity contribution < 1.29 is 27.5 Å². The Kier molecular flexibility index (Phi) is 5.96. The average molecular weight is 317 g/mol. The summed E-state index contributed by atoms with van der Waals surface area (Å²) >= 11 is 0. The van der Waals surface area contributed by atoms with Crippen LogP contribution in [0.2, 0.25) is 0 Å². The van der Waals surface area contributed by atoms with Crippen LogP contribution < -0.4 is 5.32 Å². The molecule has 0 radical (unpaired) electrons. The maximum atomic E-state index is 12.4. The minimum atomic E-state index is -4.46. The lowest BCUT2D eigenvalue weighted by Gasteiger charge is -2.14. The number of benzene rings is 1. The van der Waals surface area contributed by atoms with Crippen molar-refractivity contribution in [2.45, 2.75) is 33.0 Å². The molecule has 0 aliphatic carbocycles. The molecule has 0 saturated heterocycles. The molecule has 0 unspecified atom stereocenters. The molecular weight excluding hydrogens is 299 g/mol. The molecule has 0 aliphatic rings. The summed E-state index contributed by atoms with van der Waals surface area (Å²) in [5.41, 5.74) is -0.801. The average Bonchev–Trinajstić information content (AvgIpc) is 2.43. The summed E-state index contributed by atoms with van der Waals surface area (Å²) in [6, 6.07) is 2.87. The van der Waals surface area contributed by atoms with Crippen LogP contribution >= 0.6 is 0 Å². The van der Waals surface area contributed by atoms with E-state index >= 15 is 0 Å². The van der Waals surface area contributed by atoms with E-state index in [2.05, 4.69) is 5.32 Å². The highest BCUT2D eigenvalue weighted by molar-refractivity contribution is 5.96. The van der Waals surface area contributed by atoms with Crippen molar-refractivity contribution >= 4 is 11.9 Å². The summed E-state index contributed by atoms with van der Waals surface area (Å²) in [7, 11) is 0. The molecule has 122 valence electrons. The van der Waals surface area contributed by atoms with E-state index in [0.717, 1.165) is 24.3 Å². The summed E-state index contributed by atoms with van der Waals surface area (Å²) in [6.45, 7) is 5.43. The second-order valence-corrected chi connectivity index (χ2v) is 5.29. The van der Waals surface area contributed by atoms with Gasteiger partial charge in [-0.15, -0.1) is 0 Å². The second-order valence-electron chi connectivity index (χ2n) is 5.29. The molecule has 0 fully saturated rings. The zero-order valence-corrected chi connectivity index (χ0v) is 12.5. The smallest absolute Gasteiger partial charge is 0.416 e. The van der Waals surface area contributed by atoms with Gasteiger partial charge in [0.1, 0.15) is 6.04 Å². The fourth-order valence-corrected chi connectivity index (χ4v) is 1.52. The minimum Gasteiger partial charge on any atom is -0.464 e. The number of carbonyl (C=O) groups is 2. The molecule has 0 heterocycles. The first-order valence-electron chi connectivity index (χ1n) is 6.76. The number of amides is 1. The zero-order chi connectivity index (χ0) is 16.9. The number of rotatable bonds is 5. The predicted octanol–water partition coefficient (Wildman–Crippen LogP) is 3.02. The van der Waals surface area contributed by atoms with Crippen LogP contribution in [0.3, 0.4) is 0 Å². The molecule has 0 aromatic heterocycles. The highest BCUT2D eigenvalue weighted by atomic mass is 19.4. The summed E-state index contributed by atoms with van der Waals surface area (Å²) in [5, 5.41) is 2.38. The van der Waals surface area contributed by atoms with Crippen LogP contribution in [-0.4, -0.2) is 24.5 Å². The first-order chi connectivity index (χ1) is 10.1. The van der Waals surface area contributed by atoms with Gasteiger partial charge in [-0.25, -0.2) is 4.79 Å². The van der Waals surface area contributed by atoms with Crippen LogP contribution in [-0.2, 0) is 15.7 Å². The van der Waals surface area contributed by atoms with Crippen LogP contribution in [0, 0.1) is 5.92 Å². The Bertz CT molecular complexity index is 524. The van der Waals surface area contributed by atoms with E-state index in [1.54, 1.807) is 0 Å². The molecular formula is C15H18F3NO3. The number of hydrogen-bond donors (Lipinski definition) is 1. The lowest BCUT2D eigenvalue weighted by Crippen LogP contribution is -2.39. The molecule has 0 aliphatic heterocycles. The Balaban J connectivity index is 2.63. The third-order valence-corrected chi connectivity index (χ3v) is 2.73. The van der Waals surface area contributed by atoms with E-state index in [9.17, 15) is 22.8 Å². The van der Waals surface area contributed by atoms with Gasteiger partial charge in [-0.2, -0.15) is 13.2 Å². The van der Waals surface area contributed by atoms with Gasteiger partial charge in [0.05, 0.1) is 12.2 Å². The van der Waals surface area contributed by atoms with Gasteiger partial charge in [-0.3, -0.25) is 4.79 Å². The van der Waals surface area contributed by atoms with Gasteiger partial charge in [-0.05, 0) is 37.1 Å². The van der Waals surface area contributed by atoms with E-state index in [1.165, 1.54) is 6.92 Å². The Labute approximate surface area is 126 Å². The van der Waals surface area contributed by atoms with Gasteiger partial charge in [0.25, 0.3) is 5.91 Å². The van der Waals surface area contributed by atoms with Crippen LogP contribution in [0.25, 0.3) is 0 Å². The Hall–Kier alpha value is -2.05. The zero-order valence-electron chi connectivity index (χ0n) is 12.5. The molecule has 1 atom stereocenters. The fourth-order valence-electron chi connectivity index (χ4n) is 1.52. The molecule has 1 N–H and O–H groups in total. The number of carbonyl (C=O) groups excluding carboxylic acids is 2. The number of ether oxygens (including phenoxy) is 1. The van der Waals surface area contributed by atoms with Crippen LogP contribution in [0.4, 0.5) is 13.2 Å². The SMILES string of the molecule is CC(C)COC(=O)[C@H](C)NC(=O)c1ccc(C(F)(F)F)cc1. The highest BCUT2D eigenvalue weighted by Crippen LogP contribution is 2.29. The normalized spacial score (nSPS) is 12.9. The number of halogens is 3. The Morgan fingerprint density at radius 3 is 2.14 bits per heavy atom. The van der Waals surface area contributed by atoms with Gasteiger partial charge in [0.15, 0.2) is 0 Å². The lowest BCUT2D eigenvalue weighted by molar-refractivity contribution is -0.146. The largest absolute Gasteiger partial charge is 0.464 e. The van der Waals surface area contributed by atoms with E-state index in [0.29, 0.717) is 0 Å². The van der Waals surface area contributed by atoms with Gasteiger partial charge in [-0.1, -0.05) is 13.8 Å². The number of esters is 1. The highest BCUT2D eigenvalue weighted by Gasteiger charge is 2.30. The third-order valence-electron chi connectivity index (χ3n) is 2.73. The van der Waals surface area contributed by atoms with E-state index in [4.69, 9.17) is 4.74 Å². The first-order valence-corrected chi connectivity index (χ1v) is 6.76. The molecule has 22 heavy (non-hydrogen) atoms. The Morgan fingerprint density at radius 2 is 1.68 bits per heavy atom. The topological polar surface area (TPSA) is 55.4 Å². The summed E-state index contributed by atoms with van der Waals surface area (Å²) in [5.74, 6) is -1.06. The minimum absolute atomic E-state index is 0.0384. The molecule has 7 heteroatoms. The van der Waals surface area contributed by atoms with Crippen LogP contribution in [0.15, 0.2) is 24.3 Å². The molecule has 0 bridgehead atoms. The summed E-state index contributed by atoms with van der Waals surface area (Å²) in [6.07, 6.45) is -4.46. The summed E-state index contributed by atoms with van der Waals surface area (Å²) < 4.78 is 42.2. The standard InChI is InChI=1S/C15H18F3NO3/c1-9(2)8-22-14(21)10(3)19-13(20)11-4-6-12(7-5-11)15(16,17)18/h4-7,9-10H,8H2,1-3H3,(H,19,20)/t10-/m0/s1. The van der Waals surface area contributed by atoms with E-state index < -0.39 is 29.7 Å². The van der Waals surface area contributed by atoms with Crippen molar-refractivity contribution in [3.05, 3.63) is 35.4 Å². The van der Waals surface area contributed by atoms with Crippen molar-refractivity contribution in [3.63, 3.8) is 0 Å². The molecule has 0 saturated carbocycles. The molecule has 4 nitrogen and oxygen atoms in total. The molecule has 1 aromatic rings. The fraction of sp³-hybridized carbons (Fsp3) is 0.467. The van der Waals surface area contributed by atoms with Gasteiger partial charge in [0, 0.05) is 5.56 Å². The third kappa shape index (κ3) is 5.38. The number of nitrogens with one attached hydrogen (secondary N) is 1. The van der Waals surface area contributed by atoms with Crippen molar-refractivity contribution in [3.8, 4) is 0 Å². The van der Waals surface area contributed by atoms with Crippen molar-refractivity contribution in [2.75, 3.05) is 6.61 Å². The van der Waals surface area contributed by atoms with Crippen molar-refractivity contribution in [1.82, 2.24) is 5.32 Å². The van der Waals surface area contributed by atoms with Gasteiger partial charge in [0.2, 0.25) is 0 Å². The molecule has 1 aromatic carbocycles. The van der Waals surface area contributed by atoms with Crippen molar-refractivity contribution in [2.24, 2.45) is 5.92 Å². The second kappa shape index (κ2) is 7.29. The van der Waals surface area contributed by atoms with E-state index in [1.807, 2.05) is 13.8 Å². The first kappa shape index (κ1) is 18.0. The summed E-state index contributed by atoms with van der Waals surface area (Å²) in [4.78, 5) is 23.5. The maximum Gasteiger partial charge on any atom is 0.416 e. The maximum absolute atomic E-state index is 12.4. The number of alkyl halides is 3. The molecule has 1 amide bonds. The van der Waals surface area contributed by atoms with Crippen LogP contribution in [0.1, 0.15) is 36.7 Å². The quantitative estimate of drug-likeness (QED) is 0.849. The Morgan fingerprint density at radius 1 is 1.14 bits per heavy atom. The molecule has 1 rings (SSSR count). The van der Waals surface area contributed by atoms with E-state index in [-0.39, 0.29) is 18.1 Å². The van der Waals surface area contributed by atoms with Gasteiger partial charge < -0.3 is 10.1 Å². The van der Waals surface area contributed by atoms with Crippen molar-refractivity contribution in [1.29, 1.82) is 0 Å². The number of hydrogen-bond acceptors (Lipinski definition) is 3. The molecule has 0 spiro atoms. The van der Waals surface area contributed by atoms with Crippen LogP contribution in [0.5, 0.6) is 0 Å². The lowest BCUT2D eigenvalue weighted by atomic mass is 10.1.